The lowest BCUT2D eigenvalue weighted by Gasteiger charge is -2.16. The Bertz CT molecular complexity index is 1010. The van der Waals surface area contributed by atoms with Crippen molar-refractivity contribution < 1.29 is 23.8 Å². The van der Waals surface area contributed by atoms with Crippen molar-refractivity contribution in [1.29, 1.82) is 0 Å². The van der Waals surface area contributed by atoms with Crippen LogP contribution >= 0.6 is 0 Å². The summed E-state index contributed by atoms with van der Waals surface area (Å²) in [5, 5.41) is 2.72. The van der Waals surface area contributed by atoms with Gasteiger partial charge in [-0.25, -0.2) is 9.59 Å². The summed E-state index contributed by atoms with van der Waals surface area (Å²) < 4.78 is 16.3. The van der Waals surface area contributed by atoms with Gasteiger partial charge in [0.15, 0.2) is 0 Å². The highest BCUT2D eigenvalue weighted by atomic mass is 16.5. The number of hydrogen-bond donors (Lipinski definition) is 1. The van der Waals surface area contributed by atoms with Gasteiger partial charge < -0.3 is 19.5 Å². The predicted octanol–water partition coefficient (Wildman–Crippen LogP) is 4.80. The molecule has 0 aliphatic heterocycles. The van der Waals surface area contributed by atoms with Crippen LogP contribution in [0.5, 0.6) is 0 Å². The van der Waals surface area contributed by atoms with E-state index in [0.717, 1.165) is 16.7 Å². The molecule has 0 bridgehead atoms. The molecule has 0 saturated carbocycles. The summed E-state index contributed by atoms with van der Waals surface area (Å²) in [6, 6.07) is 27.9. The molecule has 0 spiro atoms. The molecule has 0 aliphatic carbocycles. The van der Waals surface area contributed by atoms with Crippen LogP contribution in [0, 0.1) is 0 Å². The first-order valence-corrected chi connectivity index (χ1v) is 10.7. The lowest BCUT2D eigenvalue weighted by Crippen LogP contribution is -2.37. The first-order valence-electron chi connectivity index (χ1n) is 10.7. The molecule has 0 unspecified atom stereocenters. The number of nitrogens with one attached hydrogen (secondary N) is 1. The van der Waals surface area contributed by atoms with Crippen LogP contribution in [0.2, 0.25) is 0 Å². The molecule has 0 fully saturated rings. The lowest BCUT2D eigenvalue weighted by atomic mass is 10.2. The van der Waals surface area contributed by atoms with Crippen LogP contribution in [0.4, 0.5) is 4.79 Å². The molecule has 6 nitrogen and oxygen atoms in total. The predicted molar refractivity (Wildman–Crippen MR) is 125 cm³/mol. The quantitative estimate of drug-likeness (QED) is 0.339. The zero-order valence-electron chi connectivity index (χ0n) is 18.3. The van der Waals surface area contributed by atoms with E-state index in [1.54, 1.807) is 6.08 Å². The van der Waals surface area contributed by atoms with Gasteiger partial charge >= 0.3 is 12.1 Å². The summed E-state index contributed by atoms with van der Waals surface area (Å²) >= 11 is 0. The van der Waals surface area contributed by atoms with Crippen molar-refractivity contribution in [3.05, 3.63) is 120 Å². The van der Waals surface area contributed by atoms with Crippen LogP contribution in [-0.4, -0.2) is 24.7 Å². The lowest BCUT2D eigenvalue weighted by molar-refractivity contribution is -0.139. The second kappa shape index (κ2) is 13.5. The highest BCUT2D eigenvalue weighted by Gasteiger charge is 2.12. The highest BCUT2D eigenvalue weighted by molar-refractivity contribution is 5.82. The zero-order valence-corrected chi connectivity index (χ0v) is 18.3. The van der Waals surface area contributed by atoms with Crippen molar-refractivity contribution in [1.82, 2.24) is 5.32 Å². The largest absolute Gasteiger partial charge is 0.458 e. The third kappa shape index (κ3) is 9.41. The summed E-state index contributed by atoms with van der Waals surface area (Å²) in [4.78, 5) is 24.4. The van der Waals surface area contributed by atoms with Crippen LogP contribution in [0.1, 0.15) is 16.7 Å². The van der Waals surface area contributed by atoms with Crippen molar-refractivity contribution in [2.24, 2.45) is 0 Å². The van der Waals surface area contributed by atoms with E-state index in [4.69, 9.17) is 14.2 Å². The Morgan fingerprint density at radius 1 is 0.697 bits per heavy atom. The SMILES string of the molecule is O=C(/C=C/[C@@H](COCc1ccccc1)NC(=O)OCc1ccccc1)OCc1ccccc1. The van der Waals surface area contributed by atoms with Gasteiger partial charge in [0, 0.05) is 6.08 Å². The van der Waals surface area contributed by atoms with Gasteiger partial charge in [-0.15, -0.1) is 0 Å². The van der Waals surface area contributed by atoms with Gasteiger partial charge in [-0.2, -0.15) is 0 Å². The molecular formula is C27H27NO5. The minimum atomic E-state index is -0.602. The van der Waals surface area contributed by atoms with Gasteiger partial charge in [0.2, 0.25) is 0 Å². The number of alkyl carbamates (subject to hydrolysis) is 1. The summed E-state index contributed by atoms with van der Waals surface area (Å²) in [5.74, 6) is -0.508. The van der Waals surface area contributed by atoms with E-state index in [1.165, 1.54) is 6.08 Å². The number of benzene rings is 3. The van der Waals surface area contributed by atoms with E-state index < -0.39 is 18.1 Å². The van der Waals surface area contributed by atoms with Gasteiger partial charge in [0.25, 0.3) is 0 Å². The number of hydrogen-bond acceptors (Lipinski definition) is 5. The van der Waals surface area contributed by atoms with Gasteiger partial charge in [-0.3, -0.25) is 0 Å². The minimum absolute atomic E-state index is 0.146. The molecule has 33 heavy (non-hydrogen) atoms. The third-order valence-electron chi connectivity index (χ3n) is 4.61. The molecule has 0 radical (unpaired) electrons. The topological polar surface area (TPSA) is 73.9 Å². The number of carbonyl (C=O) groups excluding carboxylic acids is 2. The Hall–Kier alpha value is -3.90. The number of esters is 1. The molecule has 1 N–H and O–H groups in total. The Morgan fingerprint density at radius 2 is 1.18 bits per heavy atom. The van der Waals surface area contributed by atoms with E-state index in [-0.39, 0.29) is 19.8 Å². The molecule has 3 aromatic carbocycles. The summed E-state index contributed by atoms with van der Waals surface area (Å²) in [7, 11) is 0. The van der Waals surface area contributed by atoms with Crippen molar-refractivity contribution >= 4 is 12.1 Å². The van der Waals surface area contributed by atoms with E-state index in [1.807, 2.05) is 91.0 Å². The van der Waals surface area contributed by atoms with Gasteiger partial charge in [-0.05, 0) is 16.7 Å². The normalized spacial score (nSPS) is 11.6. The Morgan fingerprint density at radius 3 is 1.73 bits per heavy atom. The van der Waals surface area contributed by atoms with Gasteiger partial charge in [-0.1, -0.05) is 97.1 Å². The van der Waals surface area contributed by atoms with E-state index >= 15 is 0 Å². The number of rotatable bonds is 11. The molecule has 3 rings (SSSR count). The Labute approximate surface area is 193 Å². The third-order valence-corrected chi connectivity index (χ3v) is 4.61. The van der Waals surface area contributed by atoms with Gasteiger partial charge in [0.1, 0.15) is 13.2 Å². The smallest absolute Gasteiger partial charge is 0.408 e. The van der Waals surface area contributed by atoms with Crippen molar-refractivity contribution in [2.75, 3.05) is 6.61 Å². The van der Waals surface area contributed by atoms with Crippen LogP contribution in [0.3, 0.4) is 0 Å². The molecule has 0 aromatic heterocycles. The zero-order chi connectivity index (χ0) is 23.1. The average molecular weight is 446 g/mol. The fourth-order valence-electron chi connectivity index (χ4n) is 2.91. The van der Waals surface area contributed by atoms with Crippen molar-refractivity contribution in [3.63, 3.8) is 0 Å². The number of amides is 1. The monoisotopic (exact) mass is 445 g/mol. The van der Waals surface area contributed by atoms with Crippen LogP contribution in [-0.2, 0) is 38.8 Å². The second-order valence-corrected chi connectivity index (χ2v) is 7.27. The van der Waals surface area contributed by atoms with Crippen molar-refractivity contribution in [2.45, 2.75) is 25.9 Å². The maximum Gasteiger partial charge on any atom is 0.408 e. The highest BCUT2D eigenvalue weighted by Crippen LogP contribution is 2.05. The molecule has 170 valence electrons. The average Bonchev–Trinajstić information content (AvgIpc) is 2.86. The first kappa shape index (κ1) is 23.8. The molecular weight excluding hydrogens is 418 g/mol. The molecule has 3 aromatic rings. The van der Waals surface area contributed by atoms with Gasteiger partial charge in [0.05, 0.1) is 19.3 Å². The number of ether oxygens (including phenoxy) is 3. The fraction of sp³-hybridized carbons (Fsp3) is 0.185. The molecule has 6 heteroatoms. The van der Waals surface area contributed by atoms with E-state index in [2.05, 4.69) is 5.32 Å². The van der Waals surface area contributed by atoms with Crippen molar-refractivity contribution in [3.8, 4) is 0 Å². The first-order chi connectivity index (χ1) is 16.2. The standard InChI is InChI=1S/C27H27NO5/c29-26(32-19-23-12-6-2-7-13-23)17-16-25(21-31-18-22-10-4-1-5-11-22)28-27(30)33-20-24-14-8-3-9-15-24/h1-17,25H,18-21H2,(H,28,30)/b17-16+/t25-/m0/s1. The molecule has 0 saturated heterocycles. The Kier molecular flexibility index (Phi) is 9.72. The summed E-state index contributed by atoms with van der Waals surface area (Å²) in [6.07, 6.45) is 2.23. The molecule has 1 atom stereocenters. The summed E-state index contributed by atoms with van der Waals surface area (Å²) in [6.45, 7) is 0.862. The van der Waals surface area contributed by atoms with Crippen LogP contribution < -0.4 is 5.32 Å². The van der Waals surface area contributed by atoms with Crippen LogP contribution in [0.25, 0.3) is 0 Å². The molecule has 0 heterocycles. The second-order valence-electron chi connectivity index (χ2n) is 7.27. The molecule has 1 amide bonds. The van der Waals surface area contributed by atoms with E-state index in [9.17, 15) is 9.59 Å². The number of carbonyl (C=O) groups is 2. The van der Waals surface area contributed by atoms with Crippen LogP contribution in [0.15, 0.2) is 103 Å². The maximum atomic E-state index is 12.3. The fourth-order valence-corrected chi connectivity index (χ4v) is 2.91. The molecule has 0 aliphatic rings. The summed E-state index contributed by atoms with van der Waals surface area (Å²) in [5.41, 5.74) is 2.78. The Balaban J connectivity index is 1.52. The minimum Gasteiger partial charge on any atom is -0.458 e. The maximum absolute atomic E-state index is 12.3. The van der Waals surface area contributed by atoms with E-state index in [0.29, 0.717) is 6.61 Å².